The molecule has 0 aliphatic carbocycles. The highest BCUT2D eigenvalue weighted by molar-refractivity contribution is 8.77. The number of nitrogens with one attached hydrogen (secondary N) is 1. The lowest BCUT2D eigenvalue weighted by atomic mass is 10.3. The van der Waals surface area contributed by atoms with Crippen molar-refractivity contribution >= 4 is 27.5 Å². The molecule has 0 aliphatic heterocycles. The maximum atomic E-state index is 11.0. The Bertz CT molecular complexity index is 168. The third kappa shape index (κ3) is 7.22. The molecule has 0 aromatic carbocycles. The minimum atomic E-state index is -0.398. The summed E-state index contributed by atoms with van der Waals surface area (Å²) >= 11 is 0. The third-order valence-electron chi connectivity index (χ3n) is 1.14. The Morgan fingerprint density at radius 2 is 2.08 bits per heavy atom. The van der Waals surface area contributed by atoms with Crippen molar-refractivity contribution in [3.63, 3.8) is 0 Å². The molecule has 78 valence electrons. The van der Waals surface area contributed by atoms with Gasteiger partial charge < -0.3 is 11.1 Å². The van der Waals surface area contributed by atoms with Gasteiger partial charge in [-0.3, -0.25) is 4.79 Å². The molecule has 3 nitrogen and oxygen atoms in total. The van der Waals surface area contributed by atoms with E-state index in [0.717, 1.165) is 0 Å². The summed E-state index contributed by atoms with van der Waals surface area (Å²) in [6.07, 6.45) is 0. The molecule has 3 N–H and O–H groups in total. The van der Waals surface area contributed by atoms with Gasteiger partial charge in [0.15, 0.2) is 0 Å². The molecular formula is C8H18N2OS2. The predicted molar refractivity (Wildman–Crippen MR) is 61.8 cm³/mol. The molecule has 5 heteroatoms. The van der Waals surface area contributed by atoms with E-state index in [1.165, 1.54) is 0 Å². The van der Waals surface area contributed by atoms with Gasteiger partial charge in [-0.25, -0.2) is 0 Å². The van der Waals surface area contributed by atoms with Gasteiger partial charge in [0.05, 0.1) is 6.04 Å². The number of rotatable bonds is 4. The summed E-state index contributed by atoms with van der Waals surface area (Å²) in [5.74, 6) is 0.559. The van der Waals surface area contributed by atoms with E-state index in [1.807, 2.05) is 0 Å². The van der Waals surface area contributed by atoms with Crippen molar-refractivity contribution in [3.8, 4) is 0 Å². The van der Waals surface area contributed by atoms with Crippen LogP contribution in [0.5, 0.6) is 0 Å². The second kappa shape index (κ2) is 5.78. The summed E-state index contributed by atoms with van der Waals surface area (Å²) in [5, 5.41) is 2.53. The molecule has 0 saturated carbocycles. The first kappa shape index (κ1) is 13.1. The number of carbonyl (C=O) groups excluding carboxylic acids is 1. The number of nitrogens with two attached hydrogens (primary N) is 1. The van der Waals surface area contributed by atoms with E-state index in [2.05, 4.69) is 26.1 Å². The molecule has 0 saturated heterocycles. The second-order valence-electron chi connectivity index (χ2n) is 3.70. The van der Waals surface area contributed by atoms with Gasteiger partial charge in [0.2, 0.25) is 5.91 Å². The molecule has 0 aromatic heterocycles. The van der Waals surface area contributed by atoms with Crippen molar-refractivity contribution in [2.75, 3.05) is 12.8 Å². The van der Waals surface area contributed by atoms with Crippen molar-refractivity contribution in [3.05, 3.63) is 0 Å². The lowest BCUT2D eigenvalue weighted by Gasteiger charge is -2.17. The fourth-order valence-electron chi connectivity index (χ4n) is 0.545. The molecule has 1 amide bonds. The van der Waals surface area contributed by atoms with Gasteiger partial charge in [0.25, 0.3) is 0 Å². The zero-order valence-electron chi connectivity index (χ0n) is 8.59. The van der Waals surface area contributed by atoms with E-state index in [9.17, 15) is 4.79 Å². The van der Waals surface area contributed by atoms with Gasteiger partial charge in [0, 0.05) is 17.5 Å². The molecule has 0 unspecified atom stereocenters. The Morgan fingerprint density at radius 1 is 1.54 bits per heavy atom. The molecular weight excluding hydrogens is 204 g/mol. The average molecular weight is 222 g/mol. The van der Waals surface area contributed by atoms with Crippen molar-refractivity contribution in [1.82, 2.24) is 5.32 Å². The molecule has 0 bridgehead atoms. The van der Waals surface area contributed by atoms with Gasteiger partial charge in [-0.1, -0.05) is 42.4 Å². The Hall–Kier alpha value is 0.130. The minimum Gasteiger partial charge on any atom is -0.358 e. The zero-order valence-corrected chi connectivity index (χ0v) is 10.2. The van der Waals surface area contributed by atoms with Crippen molar-refractivity contribution < 1.29 is 4.79 Å². The highest BCUT2D eigenvalue weighted by Gasteiger charge is 2.15. The van der Waals surface area contributed by atoms with Gasteiger partial charge in [-0.15, -0.1) is 0 Å². The lowest BCUT2D eigenvalue weighted by Crippen LogP contribution is -2.40. The molecule has 0 aliphatic rings. The summed E-state index contributed by atoms with van der Waals surface area (Å²) in [4.78, 5) is 11.0. The number of hydrogen-bond acceptors (Lipinski definition) is 4. The van der Waals surface area contributed by atoms with Crippen LogP contribution in [0.25, 0.3) is 0 Å². The van der Waals surface area contributed by atoms with Crippen molar-refractivity contribution in [1.29, 1.82) is 0 Å². The van der Waals surface area contributed by atoms with E-state index < -0.39 is 6.04 Å². The average Bonchev–Trinajstić information content (AvgIpc) is 2.00. The zero-order chi connectivity index (χ0) is 10.5. The first-order valence-electron chi connectivity index (χ1n) is 4.14. The van der Waals surface area contributed by atoms with Crippen LogP contribution in [0.4, 0.5) is 0 Å². The van der Waals surface area contributed by atoms with Gasteiger partial charge >= 0.3 is 0 Å². The summed E-state index contributed by atoms with van der Waals surface area (Å²) in [5.41, 5.74) is 5.61. The highest BCUT2D eigenvalue weighted by atomic mass is 33.1. The molecule has 0 fully saturated rings. The van der Waals surface area contributed by atoms with Crippen LogP contribution >= 0.6 is 21.6 Å². The number of amides is 1. The van der Waals surface area contributed by atoms with Gasteiger partial charge in [-0.2, -0.15) is 0 Å². The number of carbonyl (C=O) groups is 1. The van der Waals surface area contributed by atoms with E-state index >= 15 is 0 Å². The normalized spacial score (nSPS) is 13.9. The largest absolute Gasteiger partial charge is 0.358 e. The van der Waals surface area contributed by atoms with Crippen LogP contribution in [-0.4, -0.2) is 29.5 Å². The SMILES string of the molecule is CNC(=O)[C@@H](N)CSSC(C)(C)C. The minimum absolute atomic E-state index is 0.0954. The molecule has 1 atom stereocenters. The van der Waals surface area contributed by atoms with Crippen molar-refractivity contribution in [2.45, 2.75) is 31.6 Å². The van der Waals surface area contributed by atoms with Crippen LogP contribution in [-0.2, 0) is 4.79 Å². The molecule has 13 heavy (non-hydrogen) atoms. The Labute approximate surface area is 88.0 Å². The monoisotopic (exact) mass is 222 g/mol. The number of likely N-dealkylation sites (N-methyl/N-ethyl adjacent to an activating group) is 1. The quantitative estimate of drug-likeness (QED) is 0.703. The smallest absolute Gasteiger partial charge is 0.237 e. The fourth-order valence-corrected chi connectivity index (χ4v) is 2.97. The first-order chi connectivity index (χ1) is 5.87. The van der Waals surface area contributed by atoms with Crippen LogP contribution in [0.3, 0.4) is 0 Å². The van der Waals surface area contributed by atoms with Crippen LogP contribution in [0.2, 0.25) is 0 Å². The first-order valence-corrected chi connectivity index (χ1v) is 6.46. The number of hydrogen-bond donors (Lipinski definition) is 2. The Balaban J connectivity index is 3.59. The van der Waals surface area contributed by atoms with Crippen molar-refractivity contribution in [2.24, 2.45) is 5.73 Å². The molecule has 0 radical (unpaired) electrons. The van der Waals surface area contributed by atoms with Crippen LogP contribution in [0.1, 0.15) is 20.8 Å². The van der Waals surface area contributed by atoms with E-state index in [-0.39, 0.29) is 10.7 Å². The Morgan fingerprint density at radius 3 is 2.46 bits per heavy atom. The summed E-state index contributed by atoms with van der Waals surface area (Å²) in [6, 6.07) is -0.398. The fraction of sp³-hybridized carbons (Fsp3) is 0.875. The topological polar surface area (TPSA) is 55.1 Å². The van der Waals surface area contributed by atoms with E-state index in [0.29, 0.717) is 5.75 Å². The van der Waals surface area contributed by atoms with E-state index in [1.54, 1.807) is 28.6 Å². The van der Waals surface area contributed by atoms with Gasteiger partial charge in [-0.05, 0) is 0 Å². The Kier molecular flexibility index (Phi) is 5.83. The summed E-state index contributed by atoms with van der Waals surface area (Å²) < 4.78 is 0.215. The van der Waals surface area contributed by atoms with E-state index in [4.69, 9.17) is 5.73 Å². The molecule has 0 heterocycles. The maximum Gasteiger partial charge on any atom is 0.237 e. The lowest BCUT2D eigenvalue weighted by molar-refractivity contribution is -0.121. The van der Waals surface area contributed by atoms with Crippen LogP contribution in [0.15, 0.2) is 0 Å². The molecule has 0 spiro atoms. The highest BCUT2D eigenvalue weighted by Crippen LogP contribution is 2.34. The third-order valence-corrected chi connectivity index (χ3v) is 4.51. The predicted octanol–water partition coefficient (Wildman–Crippen LogP) is 1.24. The summed E-state index contributed by atoms with van der Waals surface area (Å²) in [7, 11) is 4.99. The molecule has 0 aromatic rings. The van der Waals surface area contributed by atoms with Gasteiger partial charge in [0.1, 0.15) is 0 Å². The standard InChI is InChI=1S/C8H18N2OS2/c1-8(2,3)13-12-5-6(9)7(11)10-4/h6H,5,9H2,1-4H3,(H,10,11)/t6-/m0/s1. The second-order valence-corrected chi connectivity index (χ2v) is 6.87. The maximum absolute atomic E-state index is 11.0. The van der Waals surface area contributed by atoms with Crippen LogP contribution < -0.4 is 11.1 Å². The van der Waals surface area contributed by atoms with Crippen LogP contribution in [0, 0.1) is 0 Å². The summed E-state index contributed by atoms with van der Waals surface area (Å²) in [6.45, 7) is 6.41. The molecule has 0 rings (SSSR count).